The van der Waals surface area contributed by atoms with E-state index in [1.165, 1.54) is 78.3 Å². The number of rotatable bonds is 6. The second-order valence-corrected chi connectivity index (χ2v) is 14.3. The predicted molar refractivity (Wildman–Crippen MR) is 175 cm³/mol. The Morgan fingerprint density at radius 3 is 2.20 bits per heavy atom. The maximum absolute atomic E-state index is 9.94. The quantitative estimate of drug-likeness (QED) is 0.205. The van der Waals surface area contributed by atoms with E-state index < -0.39 is 0 Å². The molecule has 3 aliphatic heterocycles. The maximum Gasteiger partial charge on any atom is 0.121 e. The Morgan fingerprint density at radius 2 is 1.59 bits per heavy atom. The Hall–Kier alpha value is -1.72. The first kappa shape index (κ1) is 30.7. The minimum absolute atomic E-state index is 0.347. The average molecular weight is 612 g/mol. The van der Waals surface area contributed by atoms with Crippen LogP contribution >= 0.6 is 34.0 Å². The summed E-state index contributed by atoms with van der Waals surface area (Å²) in [5, 5.41) is 28.7. The molecule has 0 amide bonds. The van der Waals surface area contributed by atoms with Gasteiger partial charge in [-0.2, -0.15) is 11.3 Å². The maximum atomic E-state index is 9.94. The molecule has 1 aromatic carbocycles. The van der Waals surface area contributed by atoms with Gasteiger partial charge in [0.15, 0.2) is 0 Å². The molecule has 3 aliphatic rings. The van der Waals surface area contributed by atoms with Crippen molar-refractivity contribution >= 4 is 44.2 Å². The monoisotopic (exact) mass is 611 g/mol. The number of aliphatic hydroxyl groups excluding tert-OH is 1. The van der Waals surface area contributed by atoms with Crippen LogP contribution < -0.4 is 16.0 Å². The van der Waals surface area contributed by atoms with E-state index in [4.69, 9.17) is 4.98 Å². The summed E-state index contributed by atoms with van der Waals surface area (Å²) >= 11 is 5.20. The summed E-state index contributed by atoms with van der Waals surface area (Å²) in [6.07, 6.45) is 11.5. The van der Waals surface area contributed by atoms with Crippen molar-refractivity contribution in [3.63, 3.8) is 0 Å². The third kappa shape index (κ3) is 9.92. The molecule has 41 heavy (non-hydrogen) atoms. The van der Waals surface area contributed by atoms with Crippen molar-refractivity contribution in [3.8, 4) is 0 Å². The molecular formula is C32H45N5OS3. The zero-order valence-corrected chi connectivity index (χ0v) is 26.4. The van der Waals surface area contributed by atoms with E-state index in [0.717, 1.165) is 61.3 Å². The number of thiophene rings is 1. The fraction of sp³-hybridized carbons (Fsp3) is 0.562. The Labute approximate surface area is 257 Å². The molecule has 0 aliphatic carbocycles. The van der Waals surface area contributed by atoms with Crippen molar-refractivity contribution in [2.75, 3.05) is 39.3 Å². The Balaban J connectivity index is 0.000000125. The fourth-order valence-electron chi connectivity index (χ4n) is 5.92. The number of aromatic nitrogens is 2. The van der Waals surface area contributed by atoms with Crippen molar-refractivity contribution < 1.29 is 5.11 Å². The van der Waals surface area contributed by atoms with Crippen LogP contribution in [-0.2, 0) is 12.8 Å². The third-order valence-corrected chi connectivity index (χ3v) is 10.8. The van der Waals surface area contributed by atoms with E-state index in [1.807, 2.05) is 28.1 Å². The number of hydrogen-bond donors (Lipinski definition) is 4. The number of nitrogens with one attached hydrogen (secondary N) is 3. The molecule has 3 saturated heterocycles. The first-order chi connectivity index (χ1) is 20.2. The summed E-state index contributed by atoms with van der Waals surface area (Å²) < 4.78 is 1.32. The van der Waals surface area contributed by atoms with Crippen molar-refractivity contribution in [1.29, 1.82) is 0 Å². The molecule has 4 N–H and O–H groups in total. The van der Waals surface area contributed by atoms with Crippen LogP contribution in [0.1, 0.15) is 60.2 Å². The van der Waals surface area contributed by atoms with Crippen molar-refractivity contribution in [2.24, 2.45) is 17.8 Å². The number of benzene rings is 1. The molecule has 4 atom stereocenters. The number of piperidine rings is 3. The molecule has 6 nitrogen and oxygen atoms in total. The van der Waals surface area contributed by atoms with Gasteiger partial charge in [0.05, 0.1) is 15.2 Å². The Morgan fingerprint density at radius 1 is 0.854 bits per heavy atom. The lowest BCUT2D eigenvalue weighted by Gasteiger charge is -2.25. The number of hydrogen-bond acceptors (Lipinski definition) is 9. The third-order valence-electron chi connectivity index (χ3n) is 8.19. The first-order valence-corrected chi connectivity index (χ1v) is 17.9. The van der Waals surface area contributed by atoms with E-state index in [9.17, 15) is 5.11 Å². The minimum Gasteiger partial charge on any atom is -0.386 e. The molecule has 0 bridgehead atoms. The molecule has 0 spiro atoms. The summed E-state index contributed by atoms with van der Waals surface area (Å²) in [6.45, 7) is 6.80. The zero-order valence-electron chi connectivity index (χ0n) is 24.0. The summed E-state index contributed by atoms with van der Waals surface area (Å²) in [6, 6.07) is 10.7. The lowest BCUT2D eigenvalue weighted by atomic mass is 9.94. The van der Waals surface area contributed by atoms with Crippen LogP contribution in [0.25, 0.3) is 10.2 Å². The highest BCUT2D eigenvalue weighted by molar-refractivity contribution is 7.18. The molecule has 222 valence electrons. The molecule has 4 aromatic rings. The summed E-state index contributed by atoms with van der Waals surface area (Å²) in [5.74, 6) is 2.02. The first-order valence-electron chi connectivity index (χ1n) is 15.3. The minimum atomic E-state index is -0.368. The van der Waals surface area contributed by atoms with E-state index in [2.05, 4.69) is 62.0 Å². The summed E-state index contributed by atoms with van der Waals surface area (Å²) in [7, 11) is 0. The number of para-hydroxylation sites is 1. The lowest BCUT2D eigenvalue weighted by molar-refractivity contribution is 0.0919. The SMILES string of the molecule is OC(c1nccs1)C1CCCNC1.c1cc(CC2CCCNC2)cs1.c1ccc2sc(CC3CCCNC3)nc2c1. The van der Waals surface area contributed by atoms with Gasteiger partial charge in [0.1, 0.15) is 11.1 Å². The molecule has 4 unspecified atom stereocenters. The van der Waals surface area contributed by atoms with Crippen molar-refractivity contribution in [1.82, 2.24) is 25.9 Å². The molecule has 3 aromatic heterocycles. The zero-order chi connectivity index (χ0) is 28.1. The van der Waals surface area contributed by atoms with Gasteiger partial charge in [0, 0.05) is 30.5 Å². The Bertz CT molecular complexity index is 1190. The highest BCUT2D eigenvalue weighted by atomic mass is 32.1. The molecule has 0 saturated carbocycles. The summed E-state index contributed by atoms with van der Waals surface area (Å²) in [4.78, 5) is 8.83. The van der Waals surface area contributed by atoms with Crippen LogP contribution in [0.4, 0.5) is 0 Å². The second-order valence-electron chi connectivity index (χ2n) is 11.5. The van der Waals surface area contributed by atoms with E-state index >= 15 is 0 Å². The number of thiazole rings is 2. The van der Waals surface area contributed by atoms with Crippen LogP contribution in [0.5, 0.6) is 0 Å². The lowest BCUT2D eigenvalue weighted by Crippen LogP contribution is -2.33. The van der Waals surface area contributed by atoms with Gasteiger partial charge in [-0.05, 0) is 124 Å². The molecule has 6 heterocycles. The molecule has 0 radical (unpaired) electrons. The fourth-order valence-corrected chi connectivity index (χ4v) is 8.40. The smallest absolute Gasteiger partial charge is 0.121 e. The van der Waals surface area contributed by atoms with E-state index in [0.29, 0.717) is 5.92 Å². The van der Waals surface area contributed by atoms with Crippen LogP contribution in [-0.4, -0.2) is 54.3 Å². The normalized spacial score (nSPS) is 23.6. The second kappa shape index (κ2) is 16.8. The van der Waals surface area contributed by atoms with Gasteiger partial charge in [-0.3, -0.25) is 0 Å². The van der Waals surface area contributed by atoms with Crippen LogP contribution in [0.15, 0.2) is 52.7 Å². The Kier molecular flexibility index (Phi) is 12.6. The topological polar surface area (TPSA) is 82.1 Å². The highest BCUT2D eigenvalue weighted by Gasteiger charge is 2.24. The van der Waals surface area contributed by atoms with Crippen molar-refractivity contribution in [2.45, 2.75) is 57.5 Å². The largest absolute Gasteiger partial charge is 0.386 e. The van der Waals surface area contributed by atoms with Crippen LogP contribution in [0.2, 0.25) is 0 Å². The van der Waals surface area contributed by atoms with Gasteiger partial charge < -0.3 is 21.1 Å². The summed E-state index contributed by atoms with van der Waals surface area (Å²) in [5.41, 5.74) is 2.68. The van der Waals surface area contributed by atoms with Crippen LogP contribution in [0.3, 0.4) is 0 Å². The molecule has 7 rings (SSSR count). The molecule has 9 heteroatoms. The van der Waals surface area contributed by atoms with Gasteiger partial charge in [0.25, 0.3) is 0 Å². The van der Waals surface area contributed by atoms with Crippen LogP contribution in [0, 0.1) is 17.8 Å². The number of aliphatic hydroxyl groups is 1. The van der Waals surface area contributed by atoms with Gasteiger partial charge in [-0.1, -0.05) is 12.1 Å². The molecular weight excluding hydrogens is 567 g/mol. The predicted octanol–water partition coefficient (Wildman–Crippen LogP) is 6.30. The van der Waals surface area contributed by atoms with Gasteiger partial charge in [-0.25, -0.2) is 9.97 Å². The van der Waals surface area contributed by atoms with Crippen molar-refractivity contribution in [3.05, 3.63) is 68.2 Å². The van der Waals surface area contributed by atoms with Gasteiger partial charge in [-0.15, -0.1) is 22.7 Å². The number of fused-ring (bicyclic) bond motifs is 1. The molecule has 3 fully saturated rings. The van der Waals surface area contributed by atoms with Gasteiger partial charge in [0.2, 0.25) is 0 Å². The van der Waals surface area contributed by atoms with E-state index in [1.54, 1.807) is 6.20 Å². The number of nitrogens with zero attached hydrogens (tertiary/aromatic N) is 2. The highest BCUT2D eigenvalue weighted by Crippen LogP contribution is 2.28. The standard InChI is InChI=1S/C13H16N2S.C10H15NS.C9H14N2OS/c1-2-6-12-11(5-1)15-13(16-12)8-10-4-3-7-14-9-10;1-2-9(7-11-4-1)6-10-3-5-12-8-10;12-8(9-11-4-5-13-9)7-2-1-3-10-6-7/h1-2,5-6,10,14H,3-4,7-9H2;3,5,8-9,11H,1-2,4,6-7H2;4-5,7-8,10,12H,1-3,6H2. The van der Waals surface area contributed by atoms with E-state index in [-0.39, 0.29) is 6.10 Å². The average Bonchev–Trinajstić information content (AvgIpc) is 3.82. The van der Waals surface area contributed by atoms with Gasteiger partial charge >= 0.3 is 0 Å².